The summed E-state index contributed by atoms with van der Waals surface area (Å²) in [6.45, 7) is 9.48. The predicted octanol–water partition coefficient (Wildman–Crippen LogP) is 14.2. The highest BCUT2D eigenvalue weighted by molar-refractivity contribution is 5.97. The van der Waals surface area contributed by atoms with Crippen LogP contribution in [-0.4, -0.2) is 0 Å². The van der Waals surface area contributed by atoms with E-state index in [4.69, 9.17) is 4.74 Å². The van der Waals surface area contributed by atoms with Crippen molar-refractivity contribution in [3.63, 3.8) is 0 Å². The van der Waals surface area contributed by atoms with E-state index >= 15 is 0 Å². The number of ether oxygens (including phenoxy) is 1. The second kappa shape index (κ2) is 11.2. The first-order valence-corrected chi connectivity index (χ1v) is 20.2. The lowest BCUT2D eigenvalue weighted by Gasteiger charge is -2.40. The van der Waals surface area contributed by atoms with Crippen molar-refractivity contribution in [2.45, 2.75) is 43.9 Å². The van der Waals surface area contributed by atoms with Gasteiger partial charge in [0, 0.05) is 38.9 Å². The van der Waals surface area contributed by atoms with Gasteiger partial charge in [-0.2, -0.15) is 0 Å². The summed E-state index contributed by atoms with van der Waals surface area (Å²) in [7, 11) is 0. The third-order valence-electron chi connectivity index (χ3n) is 13.7. The van der Waals surface area contributed by atoms with Gasteiger partial charge in [0.2, 0.25) is 0 Å². The molecule has 2 nitrogen and oxygen atoms in total. The highest BCUT2D eigenvalue weighted by Gasteiger charge is 2.51. The van der Waals surface area contributed by atoms with Crippen molar-refractivity contribution < 1.29 is 4.74 Å². The van der Waals surface area contributed by atoms with Crippen molar-refractivity contribution in [3.05, 3.63) is 220 Å². The second-order valence-corrected chi connectivity index (χ2v) is 17.2. The minimum Gasteiger partial charge on any atom is -0.457 e. The molecule has 1 aliphatic heterocycles. The Labute approximate surface area is 334 Å². The maximum atomic E-state index is 6.89. The molecule has 0 radical (unpaired) electrons. The molecule has 0 amide bonds. The summed E-state index contributed by atoms with van der Waals surface area (Å²) in [5, 5.41) is 0. The second-order valence-electron chi connectivity index (χ2n) is 17.2. The van der Waals surface area contributed by atoms with Gasteiger partial charge in [-0.3, -0.25) is 0 Å². The molecule has 0 unspecified atom stereocenters. The summed E-state index contributed by atoms with van der Waals surface area (Å²) in [4.78, 5) is 2.53. The highest BCUT2D eigenvalue weighted by atomic mass is 16.5. The summed E-state index contributed by atoms with van der Waals surface area (Å²) in [5.74, 6) is 1.79. The number of para-hydroxylation sites is 1. The molecule has 8 aromatic carbocycles. The number of benzene rings is 8. The molecule has 8 aromatic rings. The molecule has 0 saturated carbocycles. The molecule has 0 fully saturated rings. The maximum absolute atomic E-state index is 6.89. The van der Waals surface area contributed by atoms with Crippen molar-refractivity contribution in [2.24, 2.45) is 0 Å². The summed E-state index contributed by atoms with van der Waals surface area (Å²) in [5.41, 5.74) is 20.7. The lowest BCUT2D eigenvalue weighted by Crippen LogP contribution is -2.32. The largest absolute Gasteiger partial charge is 0.457 e. The van der Waals surface area contributed by atoms with Gasteiger partial charge >= 0.3 is 0 Å². The van der Waals surface area contributed by atoms with Crippen LogP contribution in [0.15, 0.2) is 176 Å². The molecule has 4 aliphatic rings. The van der Waals surface area contributed by atoms with Gasteiger partial charge in [0.05, 0.1) is 11.1 Å². The number of hydrogen-bond acceptors (Lipinski definition) is 2. The zero-order valence-corrected chi connectivity index (χ0v) is 32.6. The topological polar surface area (TPSA) is 12.5 Å². The van der Waals surface area contributed by atoms with E-state index < -0.39 is 5.41 Å². The Morgan fingerprint density at radius 1 is 0.351 bits per heavy atom. The van der Waals surface area contributed by atoms with E-state index in [0.29, 0.717) is 0 Å². The van der Waals surface area contributed by atoms with Crippen LogP contribution in [0.4, 0.5) is 17.1 Å². The maximum Gasteiger partial charge on any atom is 0.132 e. The molecular weight excluding hydrogens is 691 g/mol. The van der Waals surface area contributed by atoms with Gasteiger partial charge < -0.3 is 9.64 Å². The quantitative estimate of drug-likeness (QED) is 0.179. The molecule has 1 heterocycles. The van der Waals surface area contributed by atoms with Crippen LogP contribution in [0.1, 0.15) is 72.2 Å². The fourth-order valence-corrected chi connectivity index (χ4v) is 11.2. The fourth-order valence-electron chi connectivity index (χ4n) is 11.2. The lowest BCUT2D eigenvalue weighted by atomic mass is 9.66. The molecule has 1 spiro atoms. The average Bonchev–Trinajstić information content (AvgIpc) is 3.77. The smallest absolute Gasteiger partial charge is 0.132 e. The van der Waals surface area contributed by atoms with Crippen LogP contribution in [0.5, 0.6) is 11.5 Å². The first-order valence-electron chi connectivity index (χ1n) is 20.2. The minimum atomic E-state index is -0.562. The van der Waals surface area contributed by atoms with Crippen LogP contribution in [-0.2, 0) is 16.2 Å². The zero-order chi connectivity index (χ0) is 38.3. The average molecular weight is 732 g/mol. The molecular formula is C55H41NO. The normalized spacial score (nSPS) is 15.9. The Balaban J connectivity index is 1.16. The summed E-state index contributed by atoms with van der Waals surface area (Å²) >= 11 is 0. The number of hydrogen-bond donors (Lipinski definition) is 0. The lowest BCUT2D eigenvalue weighted by molar-refractivity contribution is 0.436. The first kappa shape index (κ1) is 32.6. The van der Waals surface area contributed by atoms with Crippen molar-refractivity contribution in [2.75, 3.05) is 4.90 Å². The van der Waals surface area contributed by atoms with Crippen molar-refractivity contribution >= 4 is 17.1 Å². The zero-order valence-electron chi connectivity index (χ0n) is 32.6. The van der Waals surface area contributed by atoms with Gasteiger partial charge in [-0.05, 0) is 104 Å². The van der Waals surface area contributed by atoms with Gasteiger partial charge in [0.15, 0.2) is 0 Å². The van der Waals surface area contributed by atoms with E-state index in [1.54, 1.807) is 0 Å². The molecule has 57 heavy (non-hydrogen) atoms. The van der Waals surface area contributed by atoms with Gasteiger partial charge in [-0.15, -0.1) is 0 Å². The van der Waals surface area contributed by atoms with Gasteiger partial charge in [-0.25, -0.2) is 0 Å². The number of anilines is 3. The van der Waals surface area contributed by atoms with E-state index in [-0.39, 0.29) is 10.8 Å². The Morgan fingerprint density at radius 3 is 1.49 bits per heavy atom. The van der Waals surface area contributed by atoms with Crippen LogP contribution in [0.3, 0.4) is 0 Å². The van der Waals surface area contributed by atoms with Gasteiger partial charge in [-0.1, -0.05) is 161 Å². The highest BCUT2D eigenvalue weighted by Crippen LogP contribution is 2.63. The fraction of sp³-hybridized carbons (Fsp3) is 0.127. The van der Waals surface area contributed by atoms with Crippen molar-refractivity contribution in [1.82, 2.24) is 0 Å². The molecule has 3 aliphatic carbocycles. The SMILES string of the molecule is CC1(C)c2ccccc2-c2ccc(N(c3ccc4c(c3)C3(c5ccccc5O4)c4ccccc4-c4ccccc43)c3cccc4c3-c3ccccc3C4(C)C)cc21. The van der Waals surface area contributed by atoms with Gasteiger partial charge in [0.25, 0.3) is 0 Å². The standard InChI is InChI=1S/C55H41NO/c1-53(2)42-21-10-8-19-40(42)52-46(53)25-15-26-49(52)56(34-28-30-39-36-16-5-9-20-41(36)54(3,4)47(39)32-34)35-29-31-51-48(33-35)55(45-24-13-14-27-50(45)57-51)43-22-11-6-17-37(43)38-18-7-12-23-44(38)55/h5-33H,1-4H3. The van der Waals surface area contributed by atoms with E-state index in [1.807, 2.05) is 0 Å². The summed E-state index contributed by atoms with van der Waals surface area (Å²) < 4.78 is 6.89. The molecule has 0 aromatic heterocycles. The van der Waals surface area contributed by atoms with Crippen LogP contribution >= 0.6 is 0 Å². The minimum absolute atomic E-state index is 0.135. The van der Waals surface area contributed by atoms with Crippen LogP contribution in [0, 0.1) is 0 Å². The summed E-state index contributed by atoms with van der Waals surface area (Å²) in [6, 6.07) is 65.5. The molecule has 272 valence electrons. The molecule has 0 bridgehead atoms. The number of fused-ring (bicyclic) bond motifs is 15. The Hall–Kier alpha value is -6.64. The van der Waals surface area contributed by atoms with Crippen molar-refractivity contribution in [3.8, 4) is 44.9 Å². The molecule has 0 saturated heterocycles. The molecule has 2 heteroatoms. The molecule has 0 N–H and O–H groups in total. The third-order valence-corrected chi connectivity index (χ3v) is 13.7. The van der Waals surface area contributed by atoms with Crippen LogP contribution in [0.2, 0.25) is 0 Å². The Kier molecular flexibility index (Phi) is 6.42. The predicted molar refractivity (Wildman–Crippen MR) is 234 cm³/mol. The van der Waals surface area contributed by atoms with E-state index in [1.165, 1.54) is 78.0 Å². The van der Waals surface area contributed by atoms with E-state index in [9.17, 15) is 0 Å². The first-order chi connectivity index (χ1) is 27.8. The Bertz CT molecular complexity index is 2970. The number of rotatable bonds is 3. The van der Waals surface area contributed by atoms with Crippen molar-refractivity contribution in [1.29, 1.82) is 0 Å². The van der Waals surface area contributed by atoms with E-state index in [2.05, 4.69) is 209 Å². The van der Waals surface area contributed by atoms with Gasteiger partial charge in [0.1, 0.15) is 11.5 Å². The Morgan fingerprint density at radius 2 is 0.807 bits per heavy atom. The monoisotopic (exact) mass is 731 g/mol. The number of nitrogens with zero attached hydrogens (tertiary/aromatic N) is 1. The molecule has 0 atom stereocenters. The molecule has 12 rings (SSSR count). The third kappa shape index (κ3) is 4.10. The summed E-state index contributed by atoms with van der Waals surface area (Å²) in [6.07, 6.45) is 0. The van der Waals surface area contributed by atoms with Crippen LogP contribution < -0.4 is 9.64 Å². The van der Waals surface area contributed by atoms with Crippen LogP contribution in [0.25, 0.3) is 33.4 Å². The van der Waals surface area contributed by atoms with E-state index in [0.717, 1.165) is 28.4 Å².